The number of rotatable bonds is 5. The number of carbonyl (C=O) groups excluding carboxylic acids is 1. The Kier molecular flexibility index (Phi) is 4.40. The summed E-state index contributed by atoms with van der Waals surface area (Å²) < 4.78 is 5.62. The van der Waals surface area contributed by atoms with Crippen molar-refractivity contribution in [2.75, 3.05) is 6.61 Å². The maximum absolute atomic E-state index is 11.9. The second-order valence-electron chi connectivity index (χ2n) is 5.46. The molecule has 2 rings (SSSR count). The van der Waals surface area contributed by atoms with Crippen molar-refractivity contribution in [1.29, 1.82) is 0 Å². The SMILES string of the molecule is CC(C)c1cccc(OCC(=O)C2CCCC2)c1. The number of benzene rings is 1. The van der Waals surface area contributed by atoms with Gasteiger partial charge in [0.15, 0.2) is 5.78 Å². The number of hydrogen-bond acceptors (Lipinski definition) is 2. The Morgan fingerprint density at radius 3 is 2.72 bits per heavy atom. The van der Waals surface area contributed by atoms with Crippen molar-refractivity contribution in [2.45, 2.75) is 45.4 Å². The molecule has 1 aromatic carbocycles. The minimum absolute atomic E-state index is 0.228. The fourth-order valence-corrected chi connectivity index (χ4v) is 2.48. The van der Waals surface area contributed by atoms with Gasteiger partial charge in [0, 0.05) is 5.92 Å². The van der Waals surface area contributed by atoms with Crippen LogP contribution in [0.5, 0.6) is 5.75 Å². The second-order valence-corrected chi connectivity index (χ2v) is 5.46. The molecule has 1 aliphatic carbocycles. The molecule has 0 amide bonds. The number of ketones is 1. The first-order valence-corrected chi connectivity index (χ1v) is 6.92. The molecule has 0 radical (unpaired) electrons. The average molecular weight is 246 g/mol. The van der Waals surface area contributed by atoms with Crippen LogP contribution in [-0.2, 0) is 4.79 Å². The molecule has 0 unspecified atom stereocenters. The number of ether oxygens (including phenoxy) is 1. The molecule has 1 aliphatic rings. The predicted molar refractivity (Wildman–Crippen MR) is 73.0 cm³/mol. The summed E-state index contributed by atoms with van der Waals surface area (Å²) in [5.41, 5.74) is 1.25. The Bertz CT molecular complexity index is 403. The topological polar surface area (TPSA) is 26.3 Å². The van der Waals surface area contributed by atoms with Gasteiger partial charge in [-0.3, -0.25) is 4.79 Å². The van der Waals surface area contributed by atoms with Crippen LogP contribution < -0.4 is 4.74 Å². The maximum atomic E-state index is 11.9. The summed E-state index contributed by atoms with van der Waals surface area (Å²) in [7, 11) is 0. The molecular weight excluding hydrogens is 224 g/mol. The van der Waals surface area contributed by atoms with Gasteiger partial charge < -0.3 is 4.74 Å². The molecule has 1 saturated carbocycles. The van der Waals surface area contributed by atoms with E-state index in [-0.39, 0.29) is 18.3 Å². The van der Waals surface area contributed by atoms with Crippen molar-refractivity contribution in [1.82, 2.24) is 0 Å². The van der Waals surface area contributed by atoms with E-state index in [2.05, 4.69) is 19.9 Å². The molecule has 0 saturated heterocycles. The van der Waals surface area contributed by atoms with E-state index in [1.165, 1.54) is 18.4 Å². The van der Waals surface area contributed by atoms with Gasteiger partial charge in [-0.25, -0.2) is 0 Å². The lowest BCUT2D eigenvalue weighted by Gasteiger charge is -2.11. The first-order valence-electron chi connectivity index (χ1n) is 6.92. The molecular formula is C16H22O2. The molecule has 0 N–H and O–H groups in total. The van der Waals surface area contributed by atoms with Gasteiger partial charge >= 0.3 is 0 Å². The Morgan fingerprint density at radius 1 is 1.33 bits per heavy atom. The Hall–Kier alpha value is -1.31. The molecule has 2 heteroatoms. The highest BCUT2D eigenvalue weighted by Crippen LogP contribution is 2.26. The van der Waals surface area contributed by atoms with Gasteiger partial charge in [0.2, 0.25) is 0 Å². The Balaban J connectivity index is 1.89. The summed E-state index contributed by atoms with van der Waals surface area (Å²) in [5.74, 6) is 1.81. The van der Waals surface area contributed by atoms with Crippen molar-refractivity contribution in [2.24, 2.45) is 5.92 Å². The van der Waals surface area contributed by atoms with E-state index in [9.17, 15) is 4.79 Å². The maximum Gasteiger partial charge on any atom is 0.173 e. The van der Waals surface area contributed by atoms with E-state index in [0.717, 1.165) is 18.6 Å². The zero-order valence-corrected chi connectivity index (χ0v) is 11.3. The summed E-state index contributed by atoms with van der Waals surface area (Å²) in [6.45, 7) is 4.54. The fraction of sp³-hybridized carbons (Fsp3) is 0.562. The molecule has 0 aromatic heterocycles. The van der Waals surface area contributed by atoms with E-state index in [4.69, 9.17) is 4.74 Å². The van der Waals surface area contributed by atoms with Crippen molar-refractivity contribution >= 4 is 5.78 Å². The minimum atomic E-state index is 0.228. The third-order valence-corrected chi connectivity index (χ3v) is 3.72. The van der Waals surface area contributed by atoms with Crippen LogP contribution in [0, 0.1) is 5.92 Å². The molecule has 18 heavy (non-hydrogen) atoms. The van der Waals surface area contributed by atoms with Gasteiger partial charge in [0.25, 0.3) is 0 Å². The average Bonchev–Trinajstić information content (AvgIpc) is 2.90. The van der Waals surface area contributed by atoms with Crippen molar-refractivity contribution < 1.29 is 9.53 Å². The smallest absolute Gasteiger partial charge is 0.173 e. The van der Waals surface area contributed by atoms with Crippen molar-refractivity contribution in [3.63, 3.8) is 0 Å². The van der Waals surface area contributed by atoms with Crippen molar-refractivity contribution in [3.8, 4) is 5.75 Å². The number of hydrogen-bond donors (Lipinski definition) is 0. The molecule has 2 nitrogen and oxygen atoms in total. The van der Waals surface area contributed by atoms with Gasteiger partial charge in [0.1, 0.15) is 12.4 Å². The molecule has 1 aromatic rings. The zero-order chi connectivity index (χ0) is 13.0. The summed E-state index contributed by atoms with van der Waals surface area (Å²) in [6.07, 6.45) is 4.49. The summed E-state index contributed by atoms with van der Waals surface area (Å²) in [5, 5.41) is 0. The standard InChI is InChI=1S/C16H22O2/c1-12(2)14-8-5-9-15(10-14)18-11-16(17)13-6-3-4-7-13/h5,8-10,12-13H,3-4,6-7,11H2,1-2H3. The number of Topliss-reactive ketones (excluding diaryl/α,β-unsaturated/α-hetero) is 1. The van der Waals surface area contributed by atoms with E-state index in [0.29, 0.717) is 5.92 Å². The number of carbonyl (C=O) groups is 1. The first kappa shape index (κ1) is 13.1. The minimum Gasteiger partial charge on any atom is -0.486 e. The van der Waals surface area contributed by atoms with Crippen molar-refractivity contribution in [3.05, 3.63) is 29.8 Å². The second kappa shape index (κ2) is 6.03. The van der Waals surface area contributed by atoms with E-state index >= 15 is 0 Å². The van der Waals surface area contributed by atoms with Gasteiger partial charge in [-0.2, -0.15) is 0 Å². The molecule has 0 spiro atoms. The van der Waals surface area contributed by atoms with E-state index in [1.54, 1.807) is 0 Å². The lowest BCUT2D eigenvalue weighted by atomic mass is 10.0. The predicted octanol–water partition coefficient (Wildman–Crippen LogP) is 3.95. The fourth-order valence-electron chi connectivity index (χ4n) is 2.48. The molecule has 0 aliphatic heterocycles. The monoisotopic (exact) mass is 246 g/mol. The molecule has 0 heterocycles. The lowest BCUT2D eigenvalue weighted by molar-refractivity contribution is -0.124. The van der Waals surface area contributed by atoms with Crippen LogP contribution in [0.4, 0.5) is 0 Å². The lowest BCUT2D eigenvalue weighted by Crippen LogP contribution is -2.19. The van der Waals surface area contributed by atoms with Crippen LogP contribution in [0.3, 0.4) is 0 Å². The van der Waals surface area contributed by atoms with Crippen LogP contribution in [0.1, 0.15) is 51.0 Å². The summed E-state index contributed by atoms with van der Waals surface area (Å²) in [6, 6.07) is 8.04. The highest BCUT2D eigenvalue weighted by molar-refractivity contribution is 5.82. The van der Waals surface area contributed by atoms with Crippen LogP contribution >= 0.6 is 0 Å². The normalized spacial score (nSPS) is 16.2. The summed E-state index contributed by atoms with van der Waals surface area (Å²) in [4.78, 5) is 11.9. The molecule has 0 atom stereocenters. The molecule has 1 fully saturated rings. The highest BCUT2D eigenvalue weighted by atomic mass is 16.5. The molecule has 98 valence electrons. The van der Waals surface area contributed by atoms with Crippen LogP contribution in [0.15, 0.2) is 24.3 Å². The third kappa shape index (κ3) is 3.34. The third-order valence-electron chi connectivity index (χ3n) is 3.72. The van der Waals surface area contributed by atoms with E-state index < -0.39 is 0 Å². The highest BCUT2D eigenvalue weighted by Gasteiger charge is 2.22. The first-order chi connectivity index (χ1) is 8.66. The quantitative estimate of drug-likeness (QED) is 0.786. The van der Waals surface area contributed by atoms with Crippen LogP contribution in [0.2, 0.25) is 0 Å². The van der Waals surface area contributed by atoms with Gasteiger partial charge in [-0.05, 0) is 36.5 Å². The van der Waals surface area contributed by atoms with Crippen LogP contribution in [-0.4, -0.2) is 12.4 Å². The van der Waals surface area contributed by atoms with Gasteiger partial charge in [0.05, 0.1) is 0 Å². The van der Waals surface area contributed by atoms with Crippen LogP contribution in [0.25, 0.3) is 0 Å². The molecule has 0 bridgehead atoms. The zero-order valence-electron chi connectivity index (χ0n) is 11.3. The van der Waals surface area contributed by atoms with E-state index in [1.807, 2.05) is 18.2 Å². The van der Waals surface area contributed by atoms with Gasteiger partial charge in [-0.15, -0.1) is 0 Å². The largest absolute Gasteiger partial charge is 0.486 e. The Morgan fingerprint density at radius 2 is 2.06 bits per heavy atom. The van der Waals surface area contributed by atoms with Gasteiger partial charge in [-0.1, -0.05) is 38.8 Å². The Labute approximate surface area is 109 Å². The summed E-state index contributed by atoms with van der Waals surface area (Å²) >= 11 is 0.